The highest BCUT2D eigenvalue weighted by atomic mass is 15.2. The Hall–Kier alpha value is -1.84. The fourth-order valence-corrected chi connectivity index (χ4v) is 1.97. The van der Waals surface area contributed by atoms with Crippen molar-refractivity contribution < 1.29 is 0 Å². The lowest BCUT2D eigenvalue weighted by Crippen LogP contribution is -2.07. The molecule has 0 unspecified atom stereocenters. The Morgan fingerprint density at radius 3 is 2.74 bits per heavy atom. The Kier molecular flexibility index (Phi) is 4.55. The first-order valence-electron chi connectivity index (χ1n) is 6.88. The number of hydrogen-bond donors (Lipinski definition) is 1. The van der Waals surface area contributed by atoms with Gasteiger partial charge in [-0.15, -0.1) is 0 Å². The summed E-state index contributed by atoms with van der Waals surface area (Å²) in [6.07, 6.45) is 6.38. The highest BCUT2D eigenvalue weighted by Gasteiger charge is 2.04. The molecule has 0 aliphatic carbocycles. The Morgan fingerprint density at radius 2 is 2.05 bits per heavy atom. The summed E-state index contributed by atoms with van der Waals surface area (Å²) in [7, 11) is 0. The molecule has 2 aromatic heterocycles. The topological polar surface area (TPSA) is 42.7 Å². The van der Waals surface area contributed by atoms with Gasteiger partial charge in [0.1, 0.15) is 0 Å². The van der Waals surface area contributed by atoms with E-state index in [9.17, 15) is 0 Å². The Morgan fingerprint density at radius 1 is 1.21 bits per heavy atom. The van der Waals surface area contributed by atoms with Gasteiger partial charge in [-0.3, -0.25) is 4.98 Å². The molecule has 2 heterocycles. The van der Waals surface area contributed by atoms with Gasteiger partial charge in [0.15, 0.2) is 0 Å². The number of aryl methyl sites for hydroxylation is 3. The number of unbranched alkanes of at least 4 members (excludes halogenated alkanes) is 1. The Balaban J connectivity index is 2.00. The SMILES string of the molecule is CCCCn1cc(C)nc1NCc1ccc(C)nc1. The summed E-state index contributed by atoms with van der Waals surface area (Å²) in [5.41, 5.74) is 3.28. The summed E-state index contributed by atoms with van der Waals surface area (Å²) in [4.78, 5) is 8.83. The third-order valence-corrected chi connectivity index (χ3v) is 3.07. The summed E-state index contributed by atoms with van der Waals surface area (Å²) in [6.45, 7) is 8.01. The minimum atomic E-state index is 0.760. The van der Waals surface area contributed by atoms with Crippen LogP contribution in [0.15, 0.2) is 24.5 Å². The molecule has 2 aromatic rings. The molecule has 0 bridgehead atoms. The second-order valence-electron chi connectivity index (χ2n) is 4.91. The average molecular weight is 258 g/mol. The highest BCUT2D eigenvalue weighted by Crippen LogP contribution is 2.11. The fourth-order valence-electron chi connectivity index (χ4n) is 1.97. The van der Waals surface area contributed by atoms with Crippen LogP contribution in [0.5, 0.6) is 0 Å². The molecule has 102 valence electrons. The van der Waals surface area contributed by atoms with Crippen molar-refractivity contribution in [2.45, 2.75) is 46.7 Å². The molecule has 0 amide bonds. The number of nitrogens with one attached hydrogen (secondary N) is 1. The molecule has 4 nitrogen and oxygen atoms in total. The first-order valence-corrected chi connectivity index (χ1v) is 6.88. The van der Waals surface area contributed by atoms with Crippen molar-refractivity contribution in [1.82, 2.24) is 14.5 Å². The maximum atomic E-state index is 4.53. The van der Waals surface area contributed by atoms with Crippen LogP contribution < -0.4 is 5.32 Å². The molecule has 0 atom stereocenters. The van der Waals surface area contributed by atoms with Crippen molar-refractivity contribution in [2.75, 3.05) is 5.32 Å². The van der Waals surface area contributed by atoms with Gasteiger partial charge in [0.25, 0.3) is 0 Å². The monoisotopic (exact) mass is 258 g/mol. The van der Waals surface area contributed by atoms with Crippen LogP contribution in [0.3, 0.4) is 0 Å². The van der Waals surface area contributed by atoms with Crippen LogP contribution in [0.4, 0.5) is 5.95 Å². The number of hydrogen-bond acceptors (Lipinski definition) is 3. The summed E-state index contributed by atoms with van der Waals surface area (Å²) in [5.74, 6) is 0.950. The van der Waals surface area contributed by atoms with Crippen molar-refractivity contribution >= 4 is 5.95 Å². The van der Waals surface area contributed by atoms with E-state index in [1.165, 1.54) is 18.4 Å². The maximum Gasteiger partial charge on any atom is 0.203 e. The minimum absolute atomic E-state index is 0.760. The lowest BCUT2D eigenvalue weighted by atomic mass is 10.2. The largest absolute Gasteiger partial charge is 0.352 e. The lowest BCUT2D eigenvalue weighted by molar-refractivity contribution is 0.634. The standard InChI is InChI=1S/C15H22N4/c1-4-5-8-19-11-13(3)18-15(19)17-10-14-7-6-12(2)16-9-14/h6-7,9,11H,4-5,8,10H2,1-3H3,(H,17,18). The number of pyridine rings is 1. The van der Waals surface area contributed by atoms with Crippen LogP contribution >= 0.6 is 0 Å². The Bertz CT molecular complexity index is 513. The molecule has 0 spiro atoms. The fraction of sp³-hybridized carbons (Fsp3) is 0.467. The minimum Gasteiger partial charge on any atom is -0.352 e. The van der Waals surface area contributed by atoms with Gasteiger partial charge in [-0.1, -0.05) is 19.4 Å². The number of rotatable bonds is 6. The van der Waals surface area contributed by atoms with Crippen molar-refractivity contribution in [1.29, 1.82) is 0 Å². The molecule has 0 aliphatic rings. The third kappa shape index (κ3) is 3.81. The molecule has 0 aliphatic heterocycles. The van der Waals surface area contributed by atoms with Crippen LogP contribution in [0, 0.1) is 13.8 Å². The van der Waals surface area contributed by atoms with Crippen LogP contribution in [-0.4, -0.2) is 14.5 Å². The zero-order chi connectivity index (χ0) is 13.7. The van der Waals surface area contributed by atoms with Crippen LogP contribution in [0.1, 0.15) is 36.7 Å². The first-order chi connectivity index (χ1) is 9.19. The molecule has 0 saturated heterocycles. The highest BCUT2D eigenvalue weighted by molar-refractivity contribution is 5.30. The molecule has 0 radical (unpaired) electrons. The van der Waals surface area contributed by atoms with Gasteiger partial charge < -0.3 is 9.88 Å². The van der Waals surface area contributed by atoms with Crippen molar-refractivity contribution in [3.8, 4) is 0 Å². The van der Waals surface area contributed by atoms with E-state index in [1.807, 2.05) is 26.1 Å². The number of nitrogens with zero attached hydrogens (tertiary/aromatic N) is 3. The summed E-state index contributed by atoms with van der Waals surface area (Å²) >= 11 is 0. The molecule has 19 heavy (non-hydrogen) atoms. The predicted molar refractivity (Wildman–Crippen MR) is 78.2 cm³/mol. The van der Waals surface area contributed by atoms with Gasteiger partial charge in [0.05, 0.1) is 5.69 Å². The zero-order valence-corrected chi connectivity index (χ0v) is 12.0. The molecule has 2 rings (SSSR count). The number of imidazole rings is 1. The van der Waals surface area contributed by atoms with E-state index in [-0.39, 0.29) is 0 Å². The normalized spacial score (nSPS) is 10.7. The van der Waals surface area contributed by atoms with Crippen LogP contribution in [0.2, 0.25) is 0 Å². The van der Waals surface area contributed by atoms with Crippen LogP contribution in [-0.2, 0) is 13.1 Å². The van der Waals surface area contributed by atoms with Gasteiger partial charge in [0, 0.05) is 31.2 Å². The summed E-state index contributed by atoms with van der Waals surface area (Å²) in [6, 6.07) is 4.13. The molecule has 0 saturated carbocycles. The summed E-state index contributed by atoms with van der Waals surface area (Å²) in [5, 5.41) is 3.39. The second kappa shape index (κ2) is 6.36. The van der Waals surface area contributed by atoms with Crippen molar-refractivity contribution in [3.63, 3.8) is 0 Å². The predicted octanol–water partition coefficient (Wildman–Crippen LogP) is 3.31. The van der Waals surface area contributed by atoms with Crippen molar-refractivity contribution in [2.24, 2.45) is 0 Å². The maximum absolute atomic E-state index is 4.53. The van der Waals surface area contributed by atoms with Gasteiger partial charge in [-0.05, 0) is 31.9 Å². The van der Waals surface area contributed by atoms with Gasteiger partial charge in [0.2, 0.25) is 5.95 Å². The number of anilines is 1. The smallest absolute Gasteiger partial charge is 0.203 e. The lowest BCUT2D eigenvalue weighted by Gasteiger charge is -2.09. The van der Waals surface area contributed by atoms with E-state index in [1.54, 1.807) is 0 Å². The van der Waals surface area contributed by atoms with Gasteiger partial charge >= 0.3 is 0 Å². The average Bonchev–Trinajstić information content (AvgIpc) is 2.76. The van der Waals surface area contributed by atoms with E-state index in [2.05, 4.69) is 39.0 Å². The van der Waals surface area contributed by atoms with E-state index in [4.69, 9.17) is 0 Å². The van der Waals surface area contributed by atoms with E-state index >= 15 is 0 Å². The van der Waals surface area contributed by atoms with Crippen LogP contribution in [0.25, 0.3) is 0 Å². The summed E-state index contributed by atoms with van der Waals surface area (Å²) < 4.78 is 2.19. The molecule has 1 N–H and O–H groups in total. The molecule has 0 fully saturated rings. The van der Waals surface area contributed by atoms with E-state index in [0.29, 0.717) is 0 Å². The third-order valence-electron chi connectivity index (χ3n) is 3.07. The Labute approximate surface area is 114 Å². The van der Waals surface area contributed by atoms with E-state index < -0.39 is 0 Å². The van der Waals surface area contributed by atoms with Crippen molar-refractivity contribution in [3.05, 3.63) is 41.5 Å². The molecular weight excluding hydrogens is 236 g/mol. The van der Waals surface area contributed by atoms with E-state index in [0.717, 1.165) is 30.4 Å². The number of aromatic nitrogens is 3. The quantitative estimate of drug-likeness (QED) is 0.864. The molecular formula is C15H22N4. The molecule has 0 aromatic carbocycles. The molecule has 4 heteroatoms. The second-order valence-corrected chi connectivity index (χ2v) is 4.91. The zero-order valence-electron chi connectivity index (χ0n) is 12.0. The van der Waals surface area contributed by atoms with Gasteiger partial charge in [-0.2, -0.15) is 0 Å². The van der Waals surface area contributed by atoms with Gasteiger partial charge in [-0.25, -0.2) is 4.98 Å². The first kappa shape index (κ1) is 13.6.